The van der Waals surface area contributed by atoms with Crippen molar-refractivity contribution in [3.05, 3.63) is 23.3 Å². The van der Waals surface area contributed by atoms with Crippen LogP contribution in [-0.2, 0) is 0 Å². The van der Waals surface area contributed by atoms with Crippen LogP contribution < -0.4 is 0 Å². The Bertz CT molecular complexity index is 762. The summed E-state index contributed by atoms with van der Waals surface area (Å²) in [5, 5.41) is 20.3. The summed E-state index contributed by atoms with van der Waals surface area (Å²) in [6.45, 7) is 8.79. The van der Waals surface area contributed by atoms with Crippen LogP contribution in [0.5, 0.6) is 0 Å². The van der Waals surface area contributed by atoms with Gasteiger partial charge in [0.05, 0.1) is 11.7 Å². The lowest BCUT2D eigenvalue weighted by atomic mass is 9.50. The van der Waals surface area contributed by atoms with Gasteiger partial charge in [-0.1, -0.05) is 37.1 Å². The number of hydrogen-bond acceptors (Lipinski definition) is 2. The fourth-order valence-corrected chi connectivity index (χ4v) is 7.84. The monoisotopic (exact) mass is 410 g/mol. The van der Waals surface area contributed by atoms with Gasteiger partial charge in [0, 0.05) is 5.92 Å². The van der Waals surface area contributed by atoms with Crippen LogP contribution in [0.4, 0.5) is 0 Å². The molecular formula is C28H42O2. The Morgan fingerprint density at radius 3 is 2.60 bits per heavy atom. The molecule has 0 bridgehead atoms. The Morgan fingerprint density at radius 1 is 1.13 bits per heavy atom. The van der Waals surface area contributed by atoms with Crippen LogP contribution in [0, 0.1) is 46.8 Å². The summed E-state index contributed by atoms with van der Waals surface area (Å²) in [5.74, 6) is 5.42. The number of aliphatic hydroxyl groups excluding tert-OH is 1. The Balaban J connectivity index is 1.54. The van der Waals surface area contributed by atoms with Gasteiger partial charge in [0.1, 0.15) is 0 Å². The molecule has 0 saturated heterocycles. The summed E-state index contributed by atoms with van der Waals surface area (Å²) >= 11 is 0. The summed E-state index contributed by atoms with van der Waals surface area (Å²) in [5.41, 5.74) is 3.15. The minimum Gasteiger partial charge on any atom is -0.393 e. The molecule has 2 nitrogen and oxygen atoms in total. The van der Waals surface area contributed by atoms with E-state index < -0.39 is 5.60 Å². The van der Waals surface area contributed by atoms with Crippen LogP contribution in [0.25, 0.3) is 0 Å². The zero-order valence-electron chi connectivity index (χ0n) is 19.6. The van der Waals surface area contributed by atoms with Gasteiger partial charge in [-0.15, -0.1) is 12.3 Å². The van der Waals surface area contributed by atoms with Gasteiger partial charge in [0.15, 0.2) is 0 Å². The molecule has 3 fully saturated rings. The molecule has 3 saturated carbocycles. The number of allylic oxidation sites excluding steroid dienone is 3. The third-order valence-electron chi connectivity index (χ3n) is 9.62. The summed E-state index contributed by atoms with van der Waals surface area (Å²) in [7, 11) is 0. The normalized spacial score (nSPS) is 41.6. The van der Waals surface area contributed by atoms with E-state index >= 15 is 0 Å². The molecule has 0 aromatic rings. The maximum absolute atomic E-state index is 10.2. The van der Waals surface area contributed by atoms with Crippen LogP contribution in [0.1, 0.15) is 91.9 Å². The van der Waals surface area contributed by atoms with E-state index in [0.29, 0.717) is 29.1 Å². The molecule has 0 aromatic heterocycles. The first kappa shape index (κ1) is 22.2. The summed E-state index contributed by atoms with van der Waals surface area (Å²) in [6.07, 6.45) is 21.6. The second kappa shape index (κ2) is 7.83. The van der Waals surface area contributed by atoms with E-state index in [4.69, 9.17) is 6.42 Å². The molecule has 2 unspecified atom stereocenters. The summed E-state index contributed by atoms with van der Waals surface area (Å²) in [4.78, 5) is 0. The molecule has 0 amide bonds. The van der Waals surface area contributed by atoms with Gasteiger partial charge in [-0.05, 0) is 107 Å². The first-order valence-corrected chi connectivity index (χ1v) is 12.4. The van der Waals surface area contributed by atoms with Gasteiger partial charge in [-0.25, -0.2) is 0 Å². The zero-order valence-corrected chi connectivity index (χ0v) is 19.6. The first-order chi connectivity index (χ1) is 14.1. The van der Waals surface area contributed by atoms with E-state index in [1.165, 1.54) is 31.3 Å². The van der Waals surface area contributed by atoms with Gasteiger partial charge >= 0.3 is 0 Å². The Morgan fingerprint density at radius 2 is 1.90 bits per heavy atom. The van der Waals surface area contributed by atoms with Gasteiger partial charge in [0.2, 0.25) is 0 Å². The maximum atomic E-state index is 10.2. The molecular weight excluding hydrogens is 368 g/mol. The maximum Gasteiger partial charge on any atom is 0.0591 e. The van der Waals surface area contributed by atoms with Gasteiger partial charge in [-0.2, -0.15) is 0 Å². The van der Waals surface area contributed by atoms with Crippen LogP contribution in [0.2, 0.25) is 0 Å². The van der Waals surface area contributed by atoms with Crippen molar-refractivity contribution in [3.63, 3.8) is 0 Å². The van der Waals surface area contributed by atoms with E-state index in [0.717, 1.165) is 38.5 Å². The van der Waals surface area contributed by atoms with Crippen LogP contribution in [0.3, 0.4) is 0 Å². The third kappa shape index (κ3) is 3.71. The molecule has 0 radical (unpaired) electrons. The highest BCUT2D eigenvalue weighted by atomic mass is 16.3. The van der Waals surface area contributed by atoms with Gasteiger partial charge in [0.25, 0.3) is 0 Å². The smallest absolute Gasteiger partial charge is 0.0591 e. The van der Waals surface area contributed by atoms with Crippen molar-refractivity contribution in [1.82, 2.24) is 0 Å². The van der Waals surface area contributed by atoms with E-state index in [1.807, 2.05) is 13.8 Å². The van der Waals surface area contributed by atoms with Crippen molar-refractivity contribution < 1.29 is 10.2 Å². The molecule has 2 N–H and O–H groups in total. The number of hydrogen-bond donors (Lipinski definition) is 2. The third-order valence-corrected chi connectivity index (χ3v) is 9.62. The van der Waals surface area contributed by atoms with Crippen LogP contribution in [-0.4, -0.2) is 21.9 Å². The highest BCUT2D eigenvalue weighted by Gasteiger charge is 2.57. The molecule has 0 aromatic carbocycles. The number of terminal acetylenes is 1. The predicted molar refractivity (Wildman–Crippen MR) is 124 cm³/mol. The lowest BCUT2D eigenvalue weighted by Crippen LogP contribution is -2.46. The van der Waals surface area contributed by atoms with E-state index in [-0.39, 0.29) is 11.5 Å². The van der Waals surface area contributed by atoms with Gasteiger partial charge < -0.3 is 10.2 Å². The number of fused-ring (bicyclic) bond motifs is 5. The van der Waals surface area contributed by atoms with Crippen LogP contribution >= 0.6 is 0 Å². The van der Waals surface area contributed by atoms with E-state index in [9.17, 15) is 10.2 Å². The standard InChI is InChI=1S/C28H42O2/c1-6-19(8-7-15-26(2,3)30)23-11-12-24-22-10-9-20-18-21(29)13-16-27(20,4)25(22)14-17-28(23,24)5/h1,9-10,19,21,23-25,29-30H,7-8,11-18H2,2-5H3/t19-,21+,23-,24?,25?,27+,28-/m1/s1. The van der Waals surface area contributed by atoms with Crippen molar-refractivity contribution in [2.45, 2.75) is 104 Å². The average molecular weight is 411 g/mol. The second-order valence-corrected chi connectivity index (χ2v) is 12.0. The summed E-state index contributed by atoms with van der Waals surface area (Å²) in [6, 6.07) is 0. The van der Waals surface area contributed by atoms with Crippen molar-refractivity contribution in [2.75, 3.05) is 0 Å². The largest absolute Gasteiger partial charge is 0.393 e. The Labute approximate surface area is 184 Å². The lowest BCUT2D eigenvalue weighted by Gasteiger charge is -2.55. The SMILES string of the molecule is C#C[C@H](CCCC(C)(C)O)[C@H]1CCC2C3=CC=C4C[C@@H](O)CC[C@]4(C)C3CC[C@@]21C. The van der Waals surface area contributed by atoms with Crippen molar-refractivity contribution >= 4 is 0 Å². The summed E-state index contributed by atoms with van der Waals surface area (Å²) < 4.78 is 0. The lowest BCUT2D eigenvalue weighted by molar-refractivity contribution is 0.0345. The topological polar surface area (TPSA) is 40.5 Å². The Kier molecular flexibility index (Phi) is 5.78. The Hall–Kier alpha value is -1.04. The number of rotatable bonds is 5. The molecule has 30 heavy (non-hydrogen) atoms. The molecule has 166 valence electrons. The van der Waals surface area contributed by atoms with E-state index in [1.54, 1.807) is 5.57 Å². The molecule has 4 aliphatic carbocycles. The number of aliphatic hydroxyl groups is 2. The molecule has 0 heterocycles. The fraction of sp³-hybridized carbons (Fsp3) is 0.786. The van der Waals surface area contributed by atoms with Crippen LogP contribution in [0.15, 0.2) is 23.3 Å². The predicted octanol–water partition coefficient (Wildman–Crippen LogP) is 6.04. The minimum absolute atomic E-state index is 0.149. The molecule has 7 atom stereocenters. The molecule has 4 rings (SSSR count). The first-order valence-electron chi connectivity index (χ1n) is 12.4. The molecule has 4 aliphatic rings. The van der Waals surface area contributed by atoms with E-state index in [2.05, 4.69) is 31.9 Å². The average Bonchev–Trinajstić information content (AvgIpc) is 3.02. The fourth-order valence-electron chi connectivity index (χ4n) is 7.84. The minimum atomic E-state index is -0.598. The van der Waals surface area contributed by atoms with Crippen molar-refractivity contribution in [1.29, 1.82) is 0 Å². The molecule has 0 spiro atoms. The quantitative estimate of drug-likeness (QED) is 0.543. The molecule has 2 heteroatoms. The highest BCUT2D eigenvalue weighted by Crippen LogP contribution is 2.66. The van der Waals surface area contributed by atoms with Crippen molar-refractivity contribution in [2.24, 2.45) is 34.5 Å². The zero-order chi connectivity index (χ0) is 21.7. The molecule has 0 aliphatic heterocycles. The van der Waals surface area contributed by atoms with Crippen molar-refractivity contribution in [3.8, 4) is 12.3 Å². The highest BCUT2D eigenvalue weighted by molar-refractivity contribution is 5.39. The second-order valence-electron chi connectivity index (χ2n) is 12.0. The van der Waals surface area contributed by atoms with Gasteiger partial charge in [-0.3, -0.25) is 0 Å².